The summed E-state index contributed by atoms with van der Waals surface area (Å²) >= 11 is 0. The van der Waals surface area contributed by atoms with Gasteiger partial charge in [-0.25, -0.2) is 0 Å². The Labute approximate surface area is 380 Å². The first-order chi connectivity index (χ1) is 29.8. The minimum absolute atomic E-state index is 0.000234. The van der Waals surface area contributed by atoms with Crippen molar-refractivity contribution in [2.75, 3.05) is 9.80 Å². The topological polar surface area (TPSA) is 6.48 Å². The van der Waals surface area contributed by atoms with Gasteiger partial charge in [0.1, 0.15) is 0 Å². The molecule has 5 aromatic carbocycles. The van der Waals surface area contributed by atoms with E-state index in [1.807, 2.05) is 12.1 Å². The molecule has 0 bridgehead atoms. The Morgan fingerprint density at radius 2 is 0.871 bits per heavy atom. The van der Waals surface area contributed by atoms with Crippen LogP contribution in [-0.2, 0) is 37.9 Å². The summed E-state index contributed by atoms with van der Waals surface area (Å²) in [6.07, 6.45) is 4.39. The highest BCUT2D eigenvalue weighted by molar-refractivity contribution is 7.00. The molecule has 2 aliphatic heterocycles. The molecule has 0 saturated heterocycles. The number of fused-ring (bicyclic) bond motifs is 7. The van der Waals surface area contributed by atoms with Crippen molar-refractivity contribution in [3.8, 4) is 0 Å². The number of aryl methyl sites for hydroxylation is 3. The van der Waals surface area contributed by atoms with Gasteiger partial charge in [-0.1, -0.05) is 134 Å². The Morgan fingerprint density at radius 3 is 1.32 bits per heavy atom. The van der Waals surface area contributed by atoms with Gasteiger partial charge in [-0.05, 0) is 193 Å². The summed E-state index contributed by atoms with van der Waals surface area (Å²) in [4.78, 5) is 5.00. The molecule has 0 spiro atoms. The maximum absolute atomic E-state index is 9.17. The van der Waals surface area contributed by atoms with Gasteiger partial charge in [0.2, 0.25) is 0 Å². The lowest BCUT2D eigenvalue weighted by atomic mass is 9.33. The van der Waals surface area contributed by atoms with Gasteiger partial charge in [-0.15, -0.1) is 0 Å². The van der Waals surface area contributed by atoms with E-state index in [-0.39, 0.29) is 44.6 Å². The highest BCUT2D eigenvalue weighted by Crippen LogP contribution is 2.56. The van der Waals surface area contributed by atoms with Crippen molar-refractivity contribution in [1.82, 2.24) is 0 Å². The van der Waals surface area contributed by atoms with Crippen molar-refractivity contribution in [3.05, 3.63) is 122 Å². The van der Waals surface area contributed by atoms with Crippen molar-refractivity contribution in [2.24, 2.45) is 0 Å². The largest absolute Gasteiger partial charge is 0.311 e. The molecule has 2 heterocycles. The van der Waals surface area contributed by atoms with Gasteiger partial charge in [0.25, 0.3) is 6.71 Å². The first-order valence-corrected chi connectivity index (χ1v) is 23.7. The molecule has 0 aromatic heterocycles. The van der Waals surface area contributed by atoms with Crippen LogP contribution < -0.4 is 26.2 Å². The highest BCUT2D eigenvalue weighted by atomic mass is 15.2. The maximum atomic E-state index is 9.17. The first-order valence-electron chi connectivity index (χ1n) is 25.2. The molecule has 5 aromatic rings. The minimum Gasteiger partial charge on any atom is -0.311 e. The summed E-state index contributed by atoms with van der Waals surface area (Å²) < 4.78 is 27.5. The summed E-state index contributed by atoms with van der Waals surface area (Å²) in [6.45, 7) is 37.9. The van der Waals surface area contributed by atoms with Crippen LogP contribution in [0.5, 0.6) is 0 Å². The third kappa shape index (κ3) is 5.80. The number of benzene rings is 5. The summed E-state index contributed by atoms with van der Waals surface area (Å²) in [5, 5.41) is 0. The Kier molecular flexibility index (Phi) is 7.72. The van der Waals surface area contributed by atoms with Gasteiger partial charge in [-0.2, -0.15) is 0 Å². The normalized spacial score (nSPS) is 22.1. The van der Waals surface area contributed by atoms with E-state index >= 15 is 0 Å². The average Bonchev–Trinajstić information content (AvgIpc) is 3.47. The number of nitrogens with zero attached hydrogens (tertiary/aromatic N) is 2. The Balaban J connectivity index is 1.38. The first kappa shape index (κ1) is 38.2. The predicted octanol–water partition coefficient (Wildman–Crippen LogP) is 14.3. The molecule has 0 N–H and O–H groups in total. The molecule has 3 heteroatoms. The van der Waals surface area contributed by atoms with E-state index in [1.54, 1.807) is 0 Å². The van der Waals surface area contributed by atoms with Crippen molar-refractivity contribution in [1.29, 1.82) is 0 Å². The summed E-state index contributed by atoms with van der Waals surface area (Å²) in [5.74, 6) is 0. The fourth-order valence-corrected chi connectivity index (χ4v) is 13.7. The predicted molar refractivity (Wildman–Crippen MR) is 270 cm³/mol. The summed E-state index contributed by atoms with van der Waals surface area (Å²) in [6, 6.07) is 26.4. The Hall–Kier alpha value is -4.24. The van der Waals surface area contributed by atoms with Crippen LogP contribution in [0.15, 0.2) is 66.7 Å². The van der Waals surface area contributed by atoms with Crippen molar-refractivity contribution in [2.45, 2.75) is 188 Å². The fourth-order valence-electron chi connectivity index (χ4n) is 13.7. The molecule has 0 unspecified atom stereocenters. The van der Waals surface area contributed by atoms with E-state index in [9.17, 15) is 4.11 Å². The van der Waals surface area contributed by atoms with Gasteiger partial charge in [0, 0.05) is 38.2 Å². The van der Waals surface area contributed by atoms with Crippen LogP contribution in [0, 0.1) is 20.7 Å². The molecule has 0 saturated carbocycles. The molecular formula is C59H73BN2. The SMILES string of the molecule is [2H]C([2H])([2H])c1cc2c3c(c1)N(c1cc4c(cc1C)C(C)(C)CC4(C)C)c1cc4c(cc1B3c1ccc(C(C)(C)C)cc1N2c1cc2c(cc1C)C(C)(C)CC2(C)C)C(C)(C)CCC4(C)C. The second-order valence-electron chi connectivity index (χ2n) is 25.5. The van der Waals surface area contributed by atoms with Gasteiger partial charge in [0.05, 0.1) is 0 Å². The lowest BCUT2D eigenvalue weighted by Gasteiger charge is -2.48. The molecule has 322 valence electrons. The molecule has 0 fully saturated rings. The van der Waals surface area contributed by atoms with Gasteiger partial charge >= 0.3 is 0 Å². The van der Waals surface area contributed by atoms with E-state index in [0.717, 1.165) is 54.1 Å². The third-order valence-electron chi connectivity index (χ3n) is 16.7. The molecule has 10 rings (SSSR count). The third-order valence-corrected chi connectivity index (χ3v) is 16.7. The average molecular weight is 824 g/mol. The molecule has 0 amide bonds. The lowest BCUT2D eigenvalue weighted by molar-refractivity contribution is 0.332. The smallest absolute Gasteiger partial charge is 0.252 e. The number of anilines is 6. The summed E-state index contributed by atoms with van der Waals surface area (Å²) in [5.41, 5.74) is 22.8. The molecule has 5 aliphatic rings. The van der Waals surface area contributed by atoms with Gasteiger partial charge < -0.3 is 9.80 Å². The van der Waals surface area contributed by atoms with Gasteiger partial charge in [-0.3, -0.25) is 0 Å². The molecule has 0 radical (unpaired) electrons. The Bertz CT molecular complexity index is 2880. The standard InChI is InChI=1S/C59H73BN2/c1-34-23-50-52-51(24-34)62(47-30-43-39(26-36(47)3)57(13,14)33-59(43,17)18)49-31-41-40(54(7,8)21-22-55(41,9)10)28-45(49)60(52)44-20-19-37(53(4,5)6)27-48(44)61(50)46-29-42-38(25-35(46)2)56(11,12)32-58(42,15)16/h19-20,23-31H,21-22,32-33H2,1-18H3/i1D3. The van der Waals surface area contributed by atoms with E-state index in [2.05, 4.69) is 182 Å². The molecule has 62 heavy (non-hydrogen) atoms. The summed E-state index contributed by atoms with van der Waals surface area (Å²) in [7, 11) is 0. The van der Waals surface area contributed by atoms with E-state index in [0.29, 0.717) is 5.56 Å². The molecular weight excluding hydrogens is 747 g/mol. The van der Waals surface area contributed by atoms with Gasteiger partial charge in [0.15, 0.2) is 0 Å². The molecule has 3 aliphatic carbocycles. The Morgan fingerprint density at radius 1 is 0.468 bits per heavy atom. The van der Waals surface area contributed by atoms with E-state index < -0.39 is 6.85 Å². The zero-order chi connectivity index (χ0) is 47.3. The van der Waals surface area contributed by atoms with E-state index in [4.69, 9.17) is 0 Å². The number of hydrogen-bond acceptors (Lipinski definition) is 2. The lowest BCUT2D eigenvalue weighted by Crippen LogP contribution is -2.62. The van der Waals surface area contributed by atoms with Crippen molar-refractivity contribution in [3.63, 3.8) is 0 Å². The van der Waals surface area contributed by atoms with Crippen LogP contribution in [0.25, 0.3) is 0 Å². The van der Waals surface area contributed by atoms with Crippen molar-refractivity contribution >= 4 is 57.2 Å². The van der Waals surface area contributed by atoms with Crippen LogP contribution >= 0.6 is 0 Å². The quantitative estimate of drug-likeness (QED) is 0.160. The molecule has 0 atom stereocenters. The van der Waals surface area contributed by atoms with Crippen LogP contribution in [0.2, 0.25) is 0 Å². The second-order valence-corrected chi connectivity index (χ2v) is 25.5. The van der Waals surface area contributed by atoms with Crippen molar-refractivity contribution < 1.29 is 4.11 Å². The van der Waals surface area contributed by atoms with E-state index in [1.165, 1.54) is 72.1 Å². The maximum Gasteiger partial charge on any atom is 0.252 e. The zero-order valence-electron chi connectivity index (χ0n) is 44.2. The van der Waals surface area contributed by atoms with Crippen LogP contribution in [0.3, 0.4) is 0 Å². The number of hydrogen-bond donors (Lipinski definition) is 0. The second kappa shape index (κ2) is 12.5. The fraction of sp³-hybridized carbons (Fsp3) is 0.492. The molecule has 2 nitrogen and oxygen atoms in total. The minimum atomic E-state index is -2.34. The highest BCUT2D eigenvalue weighted by Gasteiger charge is 2.49. The monoisotopic (exact) mass is 824 g/mol. The van der Waals surface area contributed by atoms with Crippen LogP contribution in [-0.4, -0.2) is 6.71 Å². The van der Waals surface area contributed by atoms with Crippen LogP contribution in [0.4, 0.5) is 34.1 Å². The zero-order valence-corrected chi connectivity index (χ0v) is 41.2. The number of rotatable bonds is 2. The van der Waals surface area contributed by atoms with Crippen LogP contribution in [0.1, 0.15) is 189 Å².